The number of aryl methyl sites for hydroxylation is 2. The number of imidazole rings is 1. The number of fused-ring (bicyclic) bond motifs is 1. The zero-order chi connectivity index (χ0) is 18.3. The maximum absolute atomic E-state index is 12.1. The van der Waals surface area contributed by atoms with Gasteiger partial charge >= 0.3 is 0 Å². The van der Waals surface area contributed by atoms with Crippen LogP contribution in [-0.4, -0.2) is 19.1 Å². The molecule has 3 aromatic heterocycles. The van der Waals surface area contributed by atoms with Crippen LogP contribution in [0.5, 0.6) is 0 Å². The molecule has 0 aliphatic carbocycles. The second kappa shape index (κ2) is 6.15. The summed E-state index contributed by atoms with van der Waals surface area (Å²) in [5, 5.41) is 0. The Balaban J connectivity index is 1.97. The van der Waals surface area contributed by atoms with Gasteiger partial charge in [-0.3, -0.25) is 4.79 Å². The van der Waals surface area contributed by atoms with E-state index in [2.05, 4.69) is 21.7 Å². The minimum Gasteiger partial charge on any atom is -0.384 e. The largest absolute Gasteiger partial charge is 0.384 e. The summed E-state index contributed by atoms with van der Waals surface area (Å²) in [6.07, 6.45) is 3.50. The van der Waals surface area contributed by atoms with Crippen LogP contribution in [0, 0.1) is 6.92 Å². The van der Waals surface area contributed by atoms with Crippen LogP contribution in [0.1, 0.15) is 11.1 Å². The average molecular weight is 345 g/mol. The summed E-state index contributed by atoms with van der Waals surface area (Å²) in [5.41, 5.74) is 10.3. The van der Waals surface area contributed by atoms with E-state index in [9.17, 15) is 4.79 Å². The van der Waals surface area contributed by atoms with E-state index in [0.717, 1.165) is 28.0 Å². The van der Waals surface area contributed by atoms with Crippen LogP contribution in [0.15, 0.2) is 59.7 Å². The van der Waals surface area contributed by atoms with Crippen LogP contribution in [0.2, 0.25) is 0 Å². The second-order valence-electron chi connectivity index (χ2n) is 6.43. The maximum Gasteiger partial charge on any atom is 0.253 e. The highest BCUT2D eigenvalue weighted by Gasteiger charge is 2.15. The lowest BCUT2D eigenvalue weighted by molar-refractivity contribution is 0.819. The van der Waals surface area contributed by atoms with Gasteiger partial charge in [0.1, 0.15) is 17.2 Å². The van der Waals surface area contributed by atoms with E-state index in [1.54, 1.807) is 17.8 Å². The van der Waals surface area contributed by atoms with Crippen molar-refractivity contribution >= 4 is 16.9 Å². The van der Waals surface area contributed by atoms with Gasteiger partial charge in [-0.25, -0.2) is 9.97 Å². The summed E-state index contributed by atoms with van der Waals surface area (Å²) in [6, 6.07) is 13.9. The molecule has 6 heteroatoms. The lowest BCUT2D eigenvalue weighted by atomic mass is 10.2. The number of pyridine rings is 2. The number of rotatable bonds is 3. The highest BCUT2D eigenvalue weighted by molar-refractivity contribution is 5.82. The number of nitrogens with zero attached hydrogens (tertiary/aromatic N) is 4. The van der Waals surface area contributed by atoms with Crippen LogP contribution < -0.4 is 11.3 Å². The van der Waals surface area contributed by atoms with Crippen molar-refractivity contribution < 1.29 is 0 Å². The molecule has 1 aromatic carbocycles. The molecule has 0 aliphatic heterocycles. The van der Waals surface area contributed by atoms with Crippen molar-refractivity contribution in [2.75, 3.05) is 5.73 Å². The van der Waals surface area contributed by atoms with Crippen molar-refractivity contribution in [1.82, 2.24) is 19.1 Å². The monoisotopic (exact) mass is 345 g/mol. The summed E-state index contributed by atoms with van der Waals surface area (Å²) in [7, 11) is 1.75. The van der Waals surface area contributed by atoms with Gasteiger partial charge in [-0.2, -0.15) is 0 Å². The zero-order valence-electron chi connectivity index (χ0n) is 14.7. The summed E-state index contributed by atoms with van der Waals surface area (Å²) in [5.74, 6) is 1.24. The van der Waals surface area contributed by atoms with Gasteiger partial charge in [-0.15, -0.1) is 0 Å². The number of hydrogen-bond acceptors (Lipinski definition) is 4. The van der Waals surface area contributed by atoms with Gasteiger partial charge in [0.2, 0.25) is 0 Å². The first-order valence-corrected chi connectivity index (χ1v) is 8.36. The molecule has 0 bridgehead atoms. The predicted molar refractivity (Wildman–Crippen MR) is 103 cm³/mol. The molecule has 2 N–H and O–H groups in total. The molecule has 0 saturated carbocycles. The van der Waals surface area contributed by atoms with Crippen LogP contribution in [0.4, 0.5) is 5.82 Å². The van der Waals surface area contributed by atoms with Crippen LogP contribution in [0.3, 0.4) is 0 Å². The summed E-state index contributed by atoms with van der Waals surface area (Å²) in [4.78, 5) is 21.0. The first-order valence-electron chi connectivity index (χ1n) is 8.36. The molecule has 6 nitrogen and oxygen atoms in total. The molecule has 0 unspecified atom stereocenters. The Bertz CT molecular complexity index is 1130. The molecule has 0 saturated heterocycles. The Labute approximate surface area is 150 Å². The van der Waals surface area contributed by atoms with Gasteiger partial charge < -0.3 is 14.9 Å². The number of nitrogen functional groups attached to an aromatic ring is 1. The molecular weight excluding hydrogens is 326 g/mol. The molecular formula is C20H19N5O. The van der Waals surface area contributed by atoms with Crippen LogP contribution >= 0.6 is 0 Å². The Hall–Kier alpha value is -3.41. The Morgan fingerprint density at radius 1 is 1.15 bits per heavy atom. The van der Waals surface area contributed by atoms with E-state index in [4.69, 9.17) is 10.7 Å². The molecule has 0 amide bonds. The molecule has 130 valence electrons. The quantitative estimate of drug-likeness (QED) is 0.619. The van der Waals surface area contributed by atoms with Gasteiger partial charge in [0.25, 0.3) is 5.56 Å². The molecule has 0 fully saturated rings. The molecule has 0 atom stereocenters. The molecule has 0 radical (unpaired) electrons. The molecule has 26 heavy (non-hydrogen) atoms. The third-order valence-electron chi connectivity index (χ3n) is 4.46. The summed E-state index contributed by atoms with van der Waals surface area (Å²) < 4.78 is 3.70. The van der Waals surface area contributed by atoms with E-state index in [-0.39, 0.29) is 5.56 Å². The third-order valence-corrected chi connectivity index (χ3v) is 4.46. The van der Waals surface area contributed by atoms with Crippen LogP contribution in [0.25, 0.3) is 22.4 Å². The second-order valence-corrected chi connectivity index (χ2v) is 6.43. The van der Waals surface area contributed by atoms with Gasteiger partial charge in [-0.1, -0.05) is 30.3 Å². The molecule has 0 spiro atoms. The number of anilines is 1. The maximum atomic E-state index is 12.1. The van der Waals surface area contributed by atoms with E-state index in [1.165, 1.54) is 0 Å². The Morgan fingerprint density at radius 2 is 1.92 bits per heavy atom. The highest BCUT2D eigenvalue weighted by Crippen LogP contribution is 2.26. The number of nitrogens with two attached hydrogens (primary N) is 1. The lowest BCUT2D eigenvalue weighted by Gasteiger charge is -2.11. The molecule has 3 heterocycles. The average Bonchev–Trinajstić information content (AvgIpc) is 2.98. The molecule has 4 rings (SSSR count). The first-order chi connectivity index (χ1) is 12.5. The lowest BCUT2D eigenvalue weighted by Crippen LogP contribution is -2.18. The summed E-state index contributed by atoms with van der Waals surface area (Å²) in [6.45, 7) is 2.47. The zero-order valence-corrected chi connectivity index (χ0v) is 14.7. The minimum atomic E-state index is -0.00891. The van der Waals surface area contributed by atoms with Gasteiger partial charge in [0.05, 0.1) is 11.7 Å². The summed E-state index contributed by atoms with van der Waals surface area (Å²) >= 11 is 0. The van der Waals surface area contributed by atoms with E-state index in [0.29, 0.717) is 17.9 Å². The van der Waals surface area contributed by atoms with E-state index < -0.39 is 0 Å². The fourth-order valence-corrected chi connectivity index (χ4v) is 3.19. The van der Waals surface area contributed by atoms with Crippen molar-refractivity contribution in [3.05, 3.63) is 76.3 Å². The minimum absolute atomic E-state index is 0.00891. The van der Waals surface area contributed by atoms with Crippen molar-refractivity contribution in [1.29, 1.82) is 0 Å². The molecule has 0 aliphatic rings. The smallest absolute Gasteiger partial charge is 0.253 e. The number of benzene rings is 1. The third kappa shape index (κ3) is 2.75. The topological polar surface area (TPSA) is 78.7 Å². The standard InChI is InChI=1S/C20H19N5O/c1-13-8-15(12-24(2)20(13)26)19-23-16-10-22-18(21)9-17(16)25(19)11-14-6-4-3-5-7-14/h3-10,12H,11H2,1-2H3,(H2,21,22). The van der Waals surface area contributed by atoms with Gasteiger partial charge in [-0.05, 0) is 18.6 Å². The molecule has 4 aromatic rings. The van der Waals surface area contributed by atoms with Crippen molar-refractivity contribution in [3.8, 4) is 11.4 Å². The van der Waals surface area contributed by atoms with E-state index >= 15 is 0 Å². The fourth-order valence-electron chi connectivity index (χ4n) is 3.19. The fraction of sp³-hybridized carbons (Fsp3) is 0.150. The highest BCUT2D eigenvalue weighted by atomic mass is 16.1. The Kier molecular flexibility index (Phi) is 3.80. The van der Waals surface area contributed by atoms with Gasteiger partial charge in [0, 0.05) is 37.0 Å². The van der Waals surface area contributed by atoms with Crippen molar-refractivity contribution in [3.63, 3.8) is 0 Å². The normalized spacial score (nSPS) is 11.2. The van der Waals surface area contributed by atoms with E-state index in [1.807, 2.05) is 43.5 Å². The predicted octanol–water partition coefficient (Wildman–Crippen LogP) is 2.74. The van der Waals surface area contributed by atoms with Crippen molar-refractivity contribution in [2.24, 2.45) is 7.05 Å². The van der Waals surface area contributed by atoms with Gasteiger partial charge in [0.15, 0.2) is 0 Å². The first kappa shape index (κ1) is 16.1. The van der Waals surface area contributed by atoms with Crippen molar-refractivity contribution in [2.45, 2.75) is 13.5 Å². The Morgan fingerprint density at radius 3 is 2.65 bits per heavy atom. The number of hydrogen-bond donors (Lipinski definition) is 1. The van der Waals surface area contributed by atoms with Crippen LogP contribution in [-0.2, 0) is 13.6 Å². The SMILES string of the molecule is Cc1cc(-c2nc3cnc(N)cc3n2Cc2ccccc2)cn(C)c1=O. The number of aromatic nitrogens is 4.